The molecular weight excluding hydrogens is 298 g/mol. The maximum Gasteiger partial charge on any atom is 0.289 e. The maximum atomic E-state index is 12.7. The van der Waals surface area contributed by atoms with Gasteiger partial charge in [-0.3, -0.25) is 4.79 Å². The molecule has 0 unspecified atom stereocenters. The number of amides is 1. The van der Waals surface area contributed by atoms with Crippen LogP contribution in [0.2, 0.25) is 0 Å². The first kappa shape index (κ1) is 14.8. The number of hydrogen-bond donors (Lipinski definition) is 0. The SMILES string of the molecule is COCCN(Cc1ccsc1)C(=O)c1cc2ccccc2o1. The number of carbonyl (C=O) groups is 1. The zero-order chi connectivity index (χ0) is 15.4. The Bertz CT molecular complexity index is 715. The lowest BCUT2D eigenvalue weighted by Crippen LogP contribution is -2.33. The van der Waals surface area contributed by atoms with E-state index in [4.69, 9.17) is 9.15 Å². The van der Waals surface area contributed by atoms with Crippen LogP contribution in [0.4, 0.5) is 0 Å². The quantitative estimate of drug-likeness (QED) is 0.695. The molecule has 0 N–H and O–H groups in total. The molecule has 2 aromatic heterocycles. The molecular formula is C17H17NO3S. The number of fused-ring (bicyclic) bond motifs is 1. The molecule has 0 aliphatic rings. The van der Waals surface area contributed by atoms with Crippen LogP contribution in [0.1, 0.15) is 16.1 Å². The molecule has 3 aromatic rings. The van der Waals surface area contributed by atoms with E-state index in [0.29, 0.717) is 25.5 Å². The zero-order valence-electron chi connectivity index (χ0n) is 12.3. The van der Waals surface area contributed by atoms with Gasteiger partial charge in [0, 0.05) is 25.6 Å². The highest BCUT2D eigenvalue weighted by Crippen LogP contribution is 2.21. The summed E-state index contributed by atoms with van der Waals surface area (Å²) in [4.78, 5) is 14.5. The number of methoxy groups -OCH3 is 1. The summed E-state index contributed by atoms with van der Waals surface area (Å²) >= 11 is 1.62. The molecule has 22 heavy (non-hydrogen) atoms. The largest absolute Gasteiger partial charge is 0.451 e. The summed E-state index contributed by atoms with van der Waals surface area (Å²) in [5, 5.41) is 4.99. The fourth-order valence-electron chi connectivity index (χ4n) is 2.30. The van der Waals surface area contributed by atoms with Crippen molar-refractivity contribution in [2.75, 3.05) is 20.3 Å². The number of benzene rings is 1. The summed E-state index contributed by atoms with van der Waals surface area (Å²) in [7, 11) is 1.63. The van der Waals surface area contributed by atoms with Crippen molar-refractivity contribution < 1.29 is 13.9 Å². The van der Waals surface area contributed by atoms with E-state index in [1.54, 1.807) is 29.4 Å². The van der Waals surface area contributed by atoms with Crippen LogP contribution in [0.25, 0.3) is 11.0 Å². The van der Waals surface area contributed by atoms with Gasteiger partial charge >= 0.3 is 0 Å². The molecule has 0 fully saturated rings. The van der Waals surface area contributed by atoms with Crippen molar-refractivity contribution in [3.05, 3.63) is 58.5 Å². The normalized spacial score (nSPS) is 11.0. The fraction of sp³-hybridized carbons (Fsp3) is 0.235. The van der Waals surface area contributed by atoms with Crippen molar-refractivity contribution in [3.8, 4) is 0 Å². The Morgan fingerprint density at radius 1 is 1.32 bits per heavy atom. The molecule has 1 aromatic carbocycles. The summed E-state index contributed by atoms with van der Waals surface area (Å²) in [5.74, 6) is 0.256. The molecule has 4 nitrogen and oxygen atoms in total. The highest BCUT2D eigenvalue weighted by molar-refractivity contribution is 7.07. The second-order valence-electron chi connectivity index (χ2n) is 5.00. The predicted octanol–water partition coefficient (Wildman–Crippen LogP) is 3.78. The topological polar surface area (TPSA) is 42.7 Å². The van der Waals surface area contributed by atoms with Crippen LogP contribution in [-0.4, -0.2) is 31.1 Å². The van der Waals surface area contributed by atoms with Crippen LogP contribution in [0.5, 0.6) is 0 Å². The molecule has 0 saturated carbocycles. The van der Waals surface area contributed by atoms with E-state index < -0.39 is 0 Å². The molecule has 0 spiro atoms. The van der Waals surface area contributed by atoms with Crippen LogP contribution < -0.4 is 0 Å². The zero-order valence-corrected chi connectivity index (χ0v) is 13.1. The van der Waals surface area contributed by atoms with Crippen LogP contribution in [0.3, 0.4) is 0 Å². The van der Waals surface area contributed by atoms with Crippen molar-refractivity contribution in [3.63, 3.8) is 0 Å². The van der Waals surface area contributed by atoms with E-state index in [0.717, 1.165) is 16.5 Å². The minimum Gasteiger partial charge on any atom is -0.451 e. The Morgan fingerprint density at radius 3 is 2.91 bits per heavy atom. The predicted molar refractivity (Wildman–Crippen MR) is 87.1 cm³/mol. The smallest absolute Gasteiger partial charge is 0.289 e. The number of carbonyl (C=O) groups excluding carboxylic acids is 1. The number of furan rings is 1. The number of hydrogen-bond acceptors (Lipinski definition) is 4. The van der Waals surface area contributed by atoms with Gasteiger partial charge in [0.1, 0.15) is 5.58 Å². The third-order valence-electron chi connectivity index (χ3n) is 3.44. The Hall–Kier alpha value is -2.11. The average molecular weight is 315 g/mol. The molecule has 0 bridgehead atoms. The first-order valence-electron chi connectivity index (χ1n) is 7.06. The summed E-state index contributed by atoms with van der Waals surface area (Å²) in [6.45, 7) is 1.58. The summed E-state index contributed by atoms with van der Waals surface area (Å²) in [5.41, 5.74) is 1.85. The number of para-hydroxylation sites is 1. The van der Waals surface area contributed by atoms with Gasteiger partial charge in [-0.2, -0.15) is 11.3 Å². The molecule has 0 aliphatic heterocycles. The summed E-state index contributed by atoms with van der Waals surface area (Å²) < 4.78 is 10.8. The second kappa shape index (κ2) is 6.77. The molecule has 0 atom stereocenters. The molecule has 1 amide bonds. The number of ether oxygens (including phenoxy) is 1. The highest BCUT2D eigenvalue weighted by Gasteiger charge is 2.20. The minimum absolute atomic E-state index is 0.112. The van der Waals surface area contributed by atoms with Crippen molar-refractivity contribution in [1.29, 1.82) is 0 Å². The van der Waals surface area contributed by atoms with E-state index in [9.17, 15) is 4.79 Å². The number of rotatable bonds is 6. The van der Waals surface area contributed by atoms with E-state index in [1.165, 1.54) is 0 Å². The monoisotopic (exact) mass is 315 g/mol. The number of nitrogens with zero attached hydrogens (tertiary/aromatic N) is 1. The minimum atomic E-state index is -0.112. The van der Waals surface area contributed by atoms with Gasteiger partial charge in [0.2, 0.25) is 0 Å². The Labute approximate surface area is 132 Å². The lowest BCUT2D eigenvalue weighted by molar-refractivity contribution is 0.0652. The van der Waals surface area contributed by atoms with Crippen LogP contribution in [-0.2, 0) is 11.3 Å². The van der Waals surface area contributed by atoms with Gasteiger partial charge in [-0.1, -0.05) is 18.2 Å². The van der Waals surface area contributed by atoms with Crippen LogP contribution in [0, 0.1) is 0 Å². The molecule has 0 aliphatic carbocycles. The van der Waals surface area contributed by atoms with Crippen molar-refractivity contribution in [2.24, 2.45) is 0 Å². The molecule has 3 rings (SSSR count). The highest BCUT2D eigenvalue weighted by atomic mass is 32.1. The standard InChI is InChI=1S/C17H17NO3S/c1-20-8-7-18(11-13-6-9-22-12-13)17(19)16-10-14-4-2-3-5-15(14)21-16/h2-6,9-10,12H,7-8,11H2,1H3. The van der Waals surface area contributed by atoms with E-state index in [-0.39, 0.29) is 5.91 Å². The van der Waals surface area contributed by atoms with Gasteiger partial charge in [0.05, 0.1) is 6.61 Å². The third-order valence-corrected chi connectivity index (χ3v) is 4.17. The summed E-state index contributed by atoms with van der Waals surface area (Å²) in [6.07, 6.45) is 0. The van der Waals surface area contributed by atoms with E-state index in [2.05, 4.69) is 0 Å². The van der Waals surface area contributed by atoms with Gasteiger partial charge in [0.25, 0.3) is 5.91 Å². The molecule has 0 saturated heterocycles. The van der Waals surface area contributed by atoms with Gasteiger partial charge < -0.3 is 14.1 Å². The lowest BCUT2D eigenvalue weighted by atomic mass is 10.2. The van der Waals surface area contributed by atoms with E-state index >= 15 is 0 Å². The molecule has 114 valence electrons. The molecule has 2 heterocycles. The Kier molecular flexibility index (Phi) is 4.56. The Morgan fingerprint density at radius 2 is 2.18 bits per heavy atom. The van der Waals surface area contributed by atoms with Crippen LogP contribution in [0.15, 0.2) is 51.6 Å². The number of thiophene rings is 1. The van der Waals surface area contributed by atoms with Gasteiger partial charge in [-0.25, -0.2) is 0 Å². The van der Waals surface area contributed by atoms with Gasteiger partial charge in [0.15, 0.2) is 5.76 Å². The second-order valence-corrected chi connectivity index (χ2v) is 5.78. The van der Waals surface area contributed by atoms with Crippen molar-refractivity contribution in [1.82, 2.24) is 4.90 Å². The van der Waals surface area contributed by atoms with Gasteiger partial charge in [-0.05, 0) is 34.5 Å². The van der Waals surface area contributed by atoms with Gasteiger partial charge in [-0.15, -0.1) is 0 Å². The molecule has 5 heteroatoms. The first-order chi connectivity index (χ1) is 10.8. The van der Waals surface area contributed by atoms with E-state index in [1.807, 2.05) is 41.1 Å². The Balaban J connectivity index is 1.83. The van der Waals surface area contributed by atoms with Crippen molar-refractivity contribution >= 4 is 28.2 Å². The maximum absolute atomic E-state index is 12.7. The first-order valence-corrected chi connectivity index (χ1v) is 8.00. The summed E-state index contributed by atoms with van der Waals surface area (Å²) in [6, 6.07) is 11.5. The lowest BCUT2D eigenvalue weighted by Gasteiger charge is -2.20. The average Bonchev–Trinajstić information content (AvgIpc) is 3.19. The molecule has 0 radical (unpaired) electrons. The van der Waals surface area contributed by atoms with Crippen molar-refractivity contribution in [2.45, 2.75) is 6.54 Å². The third kappa shape index (κ3) is 3.21. The fourth-order valence-corrected chi connectivity index (χ4v) is 2.96. The van der Waals surface area contributed by atoms with Crippen LogP contribution >= 0.6 is 11.3 Å².